The molecule has 1 aliphatic heterocycles. The summed E-state index contributed by atoms with van der Waals surface area (Å²) in [6, 6.07) is 18.9. The Labute approximate surface area is 191 Å². The maximum atomic E-state index is 13.5. The van der Waals surface area contributed by atoms with Crippen molar-refractivity contribution in [3.05, 3.63) is 88.4 Å². The van der Waals surface area contributed by atoms with Gasteiger partial charge >= 0.3 is 0 Å². The summed E-state index contributed by atoms with van der Waals surface area (Å²) in [5.41, 5.74) is -0.00229. The largest absolute Gasteiger partial charge is 0.497 e. The monoisotopic (exact) mass is 451 g/mol. The standard InChI is InChI=1S/C25H22ClNO5/c1-31-18-10-11-23(32-2)19(13-18)22(28)14-25(30)20-8-3-4-9-21(20)27(24(25)29)15-16-6-5-7-17(26)12-16/h3-13,30H,14-15H2,1-2H3/t25-/m0/s1. The highest BCUT2D eigenvalue weighted by Gasteiger charge is 2.51. The molecule has 1 heterocycles. The molecule has 0 saturated heterocycles. The van der Waals surface area contributed by atoms with Crippen molar-refractivity contribution < 1.29 is 24.2 Å². The molecule has 1 aliphatic rings. The molecule has 4 rings (SSSR count). The minimum absolute atomic E-state index is 0.218. The zero-order valence-electron chi connectivity index (χ0n) is 17.7. The molecule has 0 fully saturated rings. The first-order chi connectivity index (χ1) is 15.4. The van der Waals surface area contributed by atoms with Gasteiger partial charge in [0, 0.05) is 10.6 Å². The molecule has 1 N–H and O–H groups in total. The Morgan fingerprint density at radius 3 is 2.53 bits per heavy atom. The van der Waals surface area contributed by atoms with Crippen LogP contribution in [0.4, 0.5) is 5.69 Å². The number of ketones is 1. The SMILES string of the molecule is COc1ccc(OC)c(C(=O)C[C@@]2(O)C(=O)N(Cc3cccc(Cl)c3)c3ccccc32)c1. The molecule has 3 aromatic carbocycles. The number of amides is 1. The number of carbonyl (C=O) groups is 2. The zero-order valence-corrected chi connectivity index (χ0v) is 18.4. The van der Waals surface area contributed by atoms with E-state index in [2.05, 4.69) is 0 Å². The molecule has 164 valence electrons. The van der Waals surface area contributed by atoms with Crippen molar-refractivity contribution in [2.75, 3.05) is 19.1 Å². The van der Waals surface area contributed by atoms with Crippen LogP contribution in [0.2, 0.25) is 5.02 Å². The second kappa shape index (κ2) is 8.65. The molecular formula is C25H22ClNO5. The fourth-order valence-electron chi connectivity index (χ4n) is 4.01. The first-order valence-electron chi connectivity index (χ1n) is 10.0. The Balaban J connectivity index is 1.70. The summed E-state index contributed by atoms with van der Waals surface area (Å²) >= 11 is 6.09. The number of halogens is 1. The summed E-state index contributed by atoms with van der Waals surface area (Å²) in [6.45, 7) is 0.218. The number of para-hydroxylation sites is 1. The minimum Gasteiger partial charge on any atom is -0.497 e. The lowest BCUT2D eigenvalue weighted by molar-refractivity contribution is -0.136. The number of ether oxygens (including phenoxy) is 2. The van der Waals surface area contributed by atoms with Crippen molar-refractivity contribution in [2.24, 2.45) is 0 Å². The molecule has 32 heavy (non-hydrogen) atoms. The quantitative estimate of drug-likeness (QED) is 0.540. The molecule has 6 nitrogen and oxygen atoms in total. The fourth-order valence-corrected chi connectivity index (χ4v) is 4.22. The van der Waals surface area contributed by atoms with Crippen molar-refractivity contribution in [3.8, 4) is 11.5 Å². The van der Waals surface area contributed by atoms with Crippen LogP contribution in [-0.2, 0) is 16.9 Å². The lowest BCUT2D eigenvalue weighted by atomic mass is 9.88. The van der Waals surface area contributed by atoms with Crippen molar-refractivity contribution in [1.82, 2.24) is 0 Å². The second-order valence-electron chi connectivity index (χ2n) is 7.56. The summed E-state index contributed by atoms with van der Waals surface area (Å²) in [7, 11) is 2.95. The van der Waals surface area contributed by atoms with Crippen LogP contribution < -0.4 is 14.4 Å². The molecule has 7 heteroatoms. The topological polar surface area (TPSA) is 76.1 Å². The Bertz CT molecular complexity index is 1190. The van der Waals surface area contributed by atoms with Crippen molar-refractivity contribution in [1.29, 1.82) is 0 Å². The van der Waals surface area contributed by atoms with Crippen molar-refractivity contribution in [3.63, 3.8) is 0 Å². The van der Waals surface area contributed by atoms with Gasteiger partial charge in [0.15, 0.2) is 11.4 Å². The van der Waals surface area contributed by atoms with Gasteiger partial charge in [-0.2, -0.15) is 0 Å². The number of benzene rings is 3. The number of carbonyl (C=O) groups excluding carboxylic acids is 2. The number of rotatable bonds is 7. The summed E-state index contributed by atoms with van der Waals surface area (Å²) in [4.78, 5) is 28.2. The first-order valence-corrected chi connectivity index (χ1v) is 10.4. The number of fused-ring (bicyclic) bond motifs is 1. The maximum absolute atomic E-state index is 13.5. The highest BCUT2D eigenvalue weighted by atomic mass is 35.5. The number of Topliss-reactive ketones (excluding diaryl/α,β-unsaturated/α-hetero) is 1. The van der Waals surface area contributed by atoms with Crippen LogP contribution in [0.1, 0.15) is 27.9 Å². The van der Waals surface area contributed by atoms with Crippen molar-refractivity contribution in [2.45, 2.75) is 18.6 Å². The Kier molecular flexibility index (Phi) is 5.91. The van der Waals surface area contributed by atoms with Gasteiger partial charge in [-0.1, -0.05) is 41.9 Å². The minimum atomic E-state index is -2.00. The number of anilines is 1. The zero-order chi connectivity index (χ0) is 22.9. The van der Waals surface area contributed by atoms with E-state index in [9.17, 15) is 14.7 Å². The second-order valence-corrected chi connectivity index (χ2v) is 8.00. The van der Waals surface area contributed by atoms with E-state index < -0.39 is 23.7 Å². The normalized spacial score (nSPS) is 17.2. The summed E-state index contributed by atoms with van der Waals surface area (Å²) < 4.78 is 10.5. The molecule has 0 aliphatic carbocycles. The smallest absolute Gasteiger partial charge is 0.264 e. The van der Waals surface area contributed by atoms with Crippen LogP contribution in [0.3, 0.4) is 0 Å². The van der Waals surface area contributed by atoms with Crippen LogP contribution in [0.25, 0.3) is 0 Å². The first kappa shape index (κ1) is 21.9. The average molecular weight is 452 g/mol. The third-order valence-corrected chi connectivity index (χ3v) is 5.83. The highest BCUT2D eigenvalue weighted by molar-refractivity contribution is 6.30. The molecule has 1 amide bonds. The van der Waals surface area contributed by atoms with Crippen LogP contribution in [-0.4, -0.2) is 31.0 Å². The van der Waals surface area contributed by atoms with Gasteiger partial charge in [-0.25, -0.2) is 0 Å². The van der Waals surface area contributed by atoms with E-state index in [-0.39, 0.29) is 12.1 Å². The fraction of sp³-hybridized carbons (Fsp3) is 0.200. The Morgan fingerprint density at radius 1 is 1.03 bits per heavy atom. The van der Waals surface area contributed by atoms with E-state index in [4.69, 9.17) is 21.1 Å². The number of methoxy groups -OCH3 is 2. The molecule has 0 radical (unpaired) electrons. The van der Waals surface area contributed by atoms with Gasteiger partial charge in [0.1, 0.15) is 11.5 Å². The molecular weight excluding hydrogens is 430 g/mol. The van der Waals surface area contributed by atoms with Gasteiger partial charge in [0.25, 0.3) is 5.91 Å². The lowest BCUT2D eigenvalue weighted by Crippen LogP contribution is -2.41. The number of nitrogens with zero attached hydrogens (tertiary/aromatic N) is 1. The van der Waals surface area contributed by atoms with E-state index in [0.29, 0.717) is 27.8 Å². The maximum Gasteiger partial charge on any atom is 0.264 e. The van der Waals surface area contributed by atoms with E-state index in [1.165, 1.54) is 19.1 Å². The Morgan fingerprint density at radius 2 is 1.81 bits per heavy atom. The summed E-state index contributed by atoms with van der Waals surface area (Å²) in [6.07, 6.45) is -0.432. The molecule has 0 bridgehead atoms. The molecule has 0 aromatic heterocycles. The third-order valence-electron chi connectivity index (χ3n) is 5.59. The van der Waals surface area contributed by atoms with Gasteiger partial charge in [-0.3, -0.25) is 9.59 Å². The van der Waals surface area contributed by atoms with Crippen LogP contribution in [0.15, 0.2) is 66.7 Å². The van der Waals surface area contributed by atoms with Gasteiger partial charge < -0.3 is 19.5 Å². The predicted molar refractivity (Wildman–Crippen MR) is 121 cm³/mol. The van der Waals surface area contributed by atoms with E-state index in [1.807, 2.05) is 6.07 Å². The lowest BCUT2D eigenvalue weighted by Gasteiger charge is -2.23. The van der Waals surface area contributed by atoms with E-state index >= 15 is 0 Å². The Hall–Kier alpha value is -3.35. The molecule has 0 spiro atoms. The van der Waals surface area contributed by atoms with Gasteiger partial charge in [-0.05, 0) is 42.0 Å². The van der Waals surface area contributed by atoms with Gasteiger partial charge in [-0.15, -0.1) is 0 Å². The number of hydrogen-bond acceptors (Lipinski definition) is 5. The molecule has 0 unspecified atom stereocenters. The third kappa shape index (κ3) is 3.83. The van der Waals surface area contributed by atoms with E-state index in [1.54, 1.807) is 60.7 Å². The predicted octanol–water partition coefficient (Wildman–Crippen LogP) is 4.36. The van der Waals surface area contributed by atoms with Crippen LogP contribution in [0, 0.1) is 0 Å². The van der Waals surface area contributed by atoms with Crippen LogP contribution >= 0.6 is 11.6 Å². The van der Waals surface area contributed by atoms with Crippen LogP contribution in [0.5, 0.6) is 11.5 Å². The highest BCUT2D eigenvalue weighted by Crippen LogP contribution is 2.44. The van der Waals surface area contributed by atoms with Crippen molar-refractivity contribution >= 4 is 29.0 Å². The number of hydrogen-bond donors (Lipinski definition) is 1. The summed E-state index contributed by atoms with van der Waals surface area (Å²) in [5, 5.41) is 12.1. The van der Waals surface area contributed by atoms with E-state index in [0.717, 1.165) is 5.56 Å². The average Bonchev–Trinajstić information content (AvgIpc) is 3.00. The molecule has 0 saturated carbocycles. The van der Waals surface area contributed by atoms with Gasteiger partial charge in [0.2, 0.25) is 0 Å². The summed E-state index contributed by atoms with van der Waals surface area (Å²) in [5.74, 6) is -0.180. The van der Waals surface area contributed by atoms with Gasteiger partial charge in [0.05, 0.1) is 38.4 Å². The molecule has 1 atom stereocenters. The molecule has 3 aromatic rings. The number of aliphatic hydroxyl groups is 1.